The normalized spacial score (nSPS) is 10.7. The molecule has 2 rings (SSSR count). The molecule has 0 bridgehead atoms. The van der Waals surface area contributed by atoms with E-state index in [1.807, 2.05) is 12.1 Å². The first-order chi connectivity index (χ1) is 11.0. The van der Waals surface area contributed by atoms with Crippen molar-refractivity contribution in [2.75, 3.05) is 6.61 Å². The van der Waals surface area contributed by atoms with E-state index in [1.165, 1.54) is 6.21 Å². The van der Waals surface area contributed by atoms with Gasteiger partial charge in [0.05, 0.1) is 15.2 Å². The van der Waals surface area contributed by atoms with Gasteiger partial charge in [0.2, 0.25) is 0 Å². The number of phenolic OH excluding ortho intramolecular Hbond substituents is 1. The molecule has 0 atom stereocenters. The number of phenols is 1. The first-order valence-electron chi connectivity index (χ1n) is 6.34. The fourth-order valence-corrected chi connectivity index (χ4v) is 3.13. The lowest BCUT2D eigenvalue weighted by molar-refractivity contribution is -0.123. The Hall–Kier alpha value is -1.13. The molecule has 0 spiro atoms. The van der Waals surface area contributed by atoms with Gasteiger partial charge in [0.25, 0.3) is 5.91 Å². The van der Waals surface area contributed by atoms with Gasteiger partial charge in [-0.25, -0.2) is 5.43 Å². The van der Waals surface area contributed by atoms with Crippen molar-refractivity contribution in [2.24, 2.45) is 5.10 Å². The second-order valence-corrected chi connectivity index (χ2v) is 7.32. The monoisotopic (exact) mass is 552 g/mol. The number of hydrazone groups is 1. The van der Waals surface area contributed by atoms with E-state index in [4.69, 9.17) is 4.74 Å². The van der Waals surface area contributed by atoms with Crippen molar-refractivity contribution in [3.05, 3.63) is 54.5 Å². The first kappa shape index (κ1) is 18.2. The van der Waals surface area contributed by atoms with Gasteiger partial charge in [-0.3, -0.25) is 4.79 Å². The molecule has 5 nitrogen and oxygen atoms in total. The van der Waals surface area contributed by atoms with Gasteiger partial charge in [0, 0.05) is 3.57 Å². The maximum Gasteiger partial charge on any atom is 0.277 e. The summed E-state index contributed by atoms with van der Waals surface area (Å²) in [4.78, 5) is 11.7. The lowest BCUT2D eigenvalue weighted by Gasteiger charge is -2.05. The van der Waals surface area contributed by atoms with Crippen molar-refractivity contribution in [1.29, 1.82) is 0 Å². The summed E-state index contributed by atoms with van der Waals surface area (Å²) >= 11 is 8.64. The maximum atomic E-state index is 11.7. The van der Waals surface area contributed by atoms with Crippen LogP contribution < -0.4 is 10.2 Å². The SMILES string of the molecule is O=C(COc1ccc(I)cc1)NN=Cc1cc(Br)c(O)c(Br)c1. The molecule has 0 aliphatic carbocycles. The number of hydrogen-bond acceptors (Lipinski definition) is 4. The Balaban J connectivity index is 1.85. The molecule has 23 heavy (non-hydrogen) atoms. The highest BCUT2D eigenvalue weighted by Crippen LogP contribution is 2.32. The van der Waals surface area contributed by atoms with Crippen LogP contribution in [0.3, 0.4) is 0 Å². The Morgan fingerprint density at radius 2 is 1.87 bits per heavy atom. The molecule has 2 N–H and O–H groups in total. The summed E-state index contributed by atoms with van der Waals surface area (Å²) in [5, 5.41) is 13.5. The molecule has 120 valence electrons. The van der Waals surface area contributed by atoms with Crippen molar-refractivity contribution >= 4 is 66.6 Å². The lowest BCUT2D eigenvalue weighted by Crippen LogP contribution is -2.24. The van der Waals surface area contributed by atoms with Crippen LogP contribution in [0.1, 0.15) is 5.56 Å². The van der Waals surface area contributed by atoms with Crippen LogP contribution in [0.2, 0.25) is 0 Å². The number of carbonyl (C=O) groups excluding carboxylic acids is 1. The molecule has 1 amide bonds. The second kappa shape index (κ2) is 8.65. The smallest absolute Gasteiger partial charge is 0.277 e. The van der Waals surface area contributed by atoms with Crippen molar-refractivity contribution < 1.29 is 14.6 Å². The molecule has 0 aliphatic heterocycles. The summed E-state index contributed by atoms with van der Waals surface area (Å²) < 4.78 is 7.49. The first-order valence-corrected chi connectivity index (χ1v) is 9.00. The molecule has 0 saturated heterocycles. The zero-order chi connectivity index (χ0) is 16.8. The van der Waals surface area contributed by atoms with Crippen molar-refractivity contribution in [3.8, 4) is 11.5 Å². The van der Waals surface area contributed by atoms with Crippen LogP contribution in [0.15, 0.2) is 50.4 Å². The zero-order valence-electron chi connectivity index (χ0n) is 11.6. The Morgan fingerprint density at radius 1 is 1.26 bits per heavy atom. The Bertz CT molecular complexity index is 713. The van der Waals surface area contributed by atoms with E-state index in [0.29, 0.717) is 20.3 Å². The number of halogens is 3. The molecule has 2 aromatic rings. The molecule has 0 aliphatic rings. The highest BCUT2D eigenvalue weighted by Gasteiger charge is 2.05. The molecule has 0 radical (unpaired) electrons. The van der Waals surface area contributed by atoms with Gasteiger partial charge in [-0.1, -0.05) is 0 Å². The molecular formula is C15H11Br2IN2O3. The van der Waals surface area contributed by atoms with Crippen molar-refractivity contribution in [3.63, 3.8) is 0 Å². The molecular weight excluding hydrogens is 543 g/mol. The molecule has 0 fully saturated rings. The largest absolute Gasteiger partial charge is 0.506 e. The van der Waals surface area contributed by atoms with E-state index in [2.05, 4.69) is 65.0 Å². The summed E-state index contributed by atoms with van der Waals surface area (Å²) in [5.74, 6) is 0.366. The highest BCUT2D eigenvalue weighted by atomic mass is 127. The van der Waals surface area contributed by atoms with E-state index in [0.717, 1.165) is 3.57 Å². The van der Waals surface area contributed by atoms with Gasteiger partial charge in [0.1, 0.15) is 11.5 Å². The fraction of sp³-hybridized carbons (Fsp3) is 0.0667. The van der Waals surface area contributed by atoms with Gasteiger partial charge in [-0.2, -0.15) is 5.10 Å². The van der Waals surface area contributed by atoms with E-state index in [1.54, 1.807) is 24.3 Å². The quantitative estimate of drug-likeness (QED) is 0.333. The summed E-state index contributed by atoms with van der Waals surface area (Å²) in [6.07, 6.45) is 1.47. The molecule has 0 unspecified atom stereocenters. The third-order valence-corrected chi connectivity index (χ3v) is 4.55. The average molecular weight is 554 g/mol. The topological polar surface area (TPSA) is 70.9 Å². The van der Waals surface area contributed by atoms with Gasteiger partial charge >= 0.3 is 0 Å². The number of hydrogen-bond donors (Lipinski definition) is 2. The maximum absolute atomic E-state index is 11.7. The second-order valence-electron chi connectivity index (χ2n) is 4.37. The van der Waals surface area contributed by atoms with Gasteiger partial charge in [0.15, 0.2) is 6.61 Å². The van der Waals surface area contributed by atoms with Crippen LogP contribution in [0, 0.1) is 3.57 Å². The predicted molar refractivity (Wildman–Crippen MR) is 104 cm³/mol. The zero-order valence-corrected chi connectivity index (χ0v) is 16.9. The third-order valence-electron chi connectivity index (χ3n) is 2.63. The van der Waals surface area contributed by atoms with Crippen LogP contribution >= 0.6 is 54.5 Å². The summed E-state index contributed by atoms with van der Waals surface area (Å²) in [5.41, 5.74) is 3.09. The van der Waals surface area contributed by atoms with Gasteiger partial charge in [-0.15, -0.1) is 0 Å². The van der Waals surface area contributed by atoms with Crippen molar-refractivity contribution in [1.82, 2.24) is 5.43 Å². The van der Waals surface area contributed by atoms with Crippen LogP contribution in [-0.2, 0) is 4.79 Å². The highest BCUT2D eigenvalue weighted by molar-refractivity contribution is 14.1. The lowest BCUT2D eigenvalue weighted by atomic mass is 10.2. The number of nitrogens with one attached hydrogen (secondary N) is 1. The number of nitrogens with zero attached hydrogens (tertiary/aromatic N) is 1. The van der Waals surface area contributed by atoms with Crippen LogP contribution in [-0.4, -0.2) is 23.8 Å². The number of amides is 1. The Labute approximate surface area is 163 Å². The molecule has 0 saturated carbocycles. The number of carbonyl (C=O) groups is 1. The fourth-order valence-electron chi connectivity index (χ4n) is 1.55. The van der Waals surface area contributed by atoms with E-state index < -0.39 is 0 Å². The summed E-state index contributed by atoms with van der Waals surface area (Å²) in [7, 11) is 0. The number of aromatic hydroxyl groups is 1. The van der Waals surface area contributed by atoms with E-state index in [-0.39, 0.29) is 18.3 Å². The van der Waals surface area contributed by atoms with Crippen LogP contribution in [0.25, 0.3) is 0 Å². The molecule has 0 heterocycles. The minimum absolute atomic E-state index is 0.108. The van der Waals surface area contributed by atoms with E-state index >= 15 is 0 Å². The molecule has 8 heteroatoms. The molecule has 2 aromatic carbocycles. The summed E-state index contributed by atoms with van der Waals surface area (Å²) in [6.45, 7) is -0.124. The van der Waals surface area contributed by atoms with Gasteiger partial charge < -0.3 is 9.84 Å². The minimum Gasteiger partial charge on any atom is -0.506 e. The van der Waals surface area contributed by atoms with Crippen LogP contribution in [0.4, 0.5) is 0 Å². The average Bonchev–Trinajstić information content (AvgIpc) is 2.52. The standard InChI is InChI=1S/C15H11Br2IN2O3/c16-12-5-9(6-13(17)15(12)22)7-19-20-14(21)8-23-11-3-1-10(18)2-4-11/h1-7,22H,8H2,(H,20,21). The predicted octanol–water partition coefficient (Wildman–Crippen LogP) is 4.05. The Kier molecular flexibility index (Phi) is 6.85. The number of ether oxygens (including phenoxy) is 1. The minimum atomic E-state index is -0.364. The number of rotatable bonds is 5. The summed E-state index contributed by atoms with van der Waals surface area (Å²) in [6, 6.07) is 10.7. The van der Waals surface area contributed by atoms with Crippen LogP contribution in [0.5, 0.6) is 11.5 Å². The van der Waals surface area contributed by atoms with Gasteiger partial charge in [-0.05, 0) is 96.4 Å². The Morgan fingerprint density at radius 3 is 2.48 bits per heavy atom. The number of benzene rings is 2. The van der Waals surface area contributed by atoms with E-state index in [9.17, 15) is 9.90 Å². The third kappa shape index (κ3) is 5.78. The van der Waals surface area contributed by atoms with Crippen molar-refractivity contribution in [2.45, 2.75) is 0 Å². The molecule has 0 aromatic heterocycles.